The van der Waals surface area contributed by atoms with Gasteiger partial charge in [-0.1, -0.05) is 48.5 Å². The molecule has 0 fully saturated rings. The molecule has 1 aromatic heterocycles. The first-order valence-electron chi connectivity index (χ1n) is 10.4. The van der Waals surface area contributed by atoms with Crippen molar-refractivity contribution in [2.24, 2.45) is 0 Å². The Kier molecular flexibility index (Phi) is 8.54. The van der Waals surface area contributed by atoms with Crippen molar-refractivity contribution < 1.29 is 33.0 Å². The molecule has 3 rings (SSSR count). The summed E-state index contributed by atoms with van der Waals surface area (Å²) in [5, 5.41) is 12.7. The summed E-state index contributed by atoms with van der Waals surface area (Å²) in [4.78, 5) is 27.9. The Morgan fingerprint density at radius 3 is 2.41 bits per heavy atom. The van der Waals surface area contributed by atoms with Gasteiger partial charge in [0, 0.05) is 11.8 Å². The van der Waals surface area contributed by atoms with E-state index in [2.05, 4.69) is 10.1 Å². The number of aromatic nitrogens is 1. The van der Waals surface area contributed by atoms with Crippen LogP contribution in [-0.2, 0) is 31.8 Å². The van der Waals surface area contributed by atoms with Gasteiger partial charge in [-0.2, -0.15) is 5.09 Å². The Labute approximate surface area is 197 Å². The number of aryl methyl sites for hydroxylation is 1. The van der Waals surface area contributed by atoms with E-state index in [0.29, 0.717) is 6.29 Å². The topological polar surface area (TPSA) is 124 Å². The molecule has 2 N–H and O–H groups in total. The molecule has 9 nitrogen and oxygen atoms in total. The number of pyridine rings is 1. The van der Waals surface area contributed by atoms with Gasteiger partial charge >= 0.3 is 13.7 Å². The molecule has 0 amide bonds. The third kappa shape index (κ3) is 6.74. The predicted octanol–water partition coefficient (Wildman–Crippen LogP) is 4.33. The Morgan fingerprint density at radius 1 is 1.12 bits per heavy atom. The van der Waals surface area contributed by atoms with Gasteiger partial charge in [-0.15, -0.1) is 0 Å². The monoisotopic (exact) mass is 484 g/mol. The summed E-state index contributed by atoms with van der Waals surface area (Å²) < 4.78 is 30.0. The van der Waals surface area contributed by atoms with Gasteiger partial charge in [-0.05, 0) is 31.5 Å². The normalized spacial score (nSPS) is 13.5. The second-order valence-corrected chi connectivity index (χ2v) is 9.06. The lowest BCUT2D eigenvalue weighted by atomic mass is 10.1. The fourth-order valence-corrected chi connectivity index (χ4v) is 4.38. The molecule has 1 heterocycles. The van der Waals surface area contributed by atoms with Crippen LogP contribution in [0.2, 0.25) is 0 Å². The van der Waals surface area contributed by atoms with Crippen LogP contribution in [0.25, 0.3) is 0 Å². The average Bonchev–Trinajstić information content (AvgIpc) is 2.84. The standard InChI is InChI=1S/C24H25N2O7P/c1-17-23(28)22(14-27)20(13-25-17)16-32-34(30,33-21-11-7-4-8-12-21)26-18(2)24(29)31-15-19-9-5-3-6-10-19/h3-14,18,28H,15-16H2,1-2H3,(H,26,30)/t18-,34?/m0/s1. The number of hydrogen-bond donors (Lipinski definition) is 2. The van der Waals surface area contributed by atoms with Crippen molar-refractivity contribution in [3.8, 4) is 11.5 Å². The van der Waals surface area contributed by atoms with Gasteiger partial charge in [0.2, 0.25) is 0 Å². The fraction of sp³-hybridized carbons (Fsp3) is 0.208. The SMILES string of the molecule is Cc1ncc(COP(=O)(N[C@@H](C)C(=O)OCc2ccccc2)Oc2ccccc2)c(C=O)c1O. The van der Waals surface area contributed by atoms with Gasteiger partial charge in [-0.3, -0.25) is 19.1 Å². The molecule has 0 saturated carbocycles. The van der Waals surface area contributed by atoms with E-state index >= 15 is 0 Å². The van der Waals surface area contributed by atoms with Crippen LogP contribution in [0, 0.1) is 6.92 Å². The minimum absolute atomic E-state index is 0.0333. The van der Waals surface area contributed by atoms with Gasteiger partial charge in [0.15, 0.2) is 6.29 Å². The molecule has 0 aliphatic carbocycles. The van der Waals surface area contributed by atoms with Crippen LogP contribution in [0.5, 0.6) is 11.5 Å². The second kappa shape index (κ2) is 11.6. The van der Waals surface area contributed by atoms with Crippen LogP contribution < -0.4 is 9.61 Å². The quantitative estimate of drug-likeness (QED) is 0.232. The number of benzene rings is 2. The molecule has 0 radical (unpaired) electrons. The number of aldehydes is 1. The van der Waals surface area contributed by atoms with E-state index in [1.54, 1.807) is 37.3 Å². The van der Waals surface area contributed by atoms with E-state index in [0.717, 1.165) is 5.56 Å². The summed E-state index contributed by atoms with van der Waals surface area (Å²) in [6.07, 6.45) is 1.80. The van der Waals surface area contributed by atoms with Gasteiger partial charge in [0.1, 0.15) is 24.1 Å². The van der Waals surface area contributed by atoms with Gasteiger partial charge < -0.3 is 14.4 Å². The number of ether oxygens (including phenoxy) is 1. The molecule has 34 heavy (non-hydrogen) atoms. The highest BCUT2D eigenvalue weighted by molar-refractivity contribution is 7.52. The fourth-order valence-electron chi connectivity index (χ4n) is 2.91. The van der Waals surface area contributed by atoms with E-state index in [9.17, 15) is 19.3 Å². The maximum atomic E-state index is 13.6. The minimum Gasteiger partial charge on any atom is -0.505 e. The van der Waals surface area contributed by atoms with Crippen molar-refractivity contribution in [1.29, 1.82) is 0 Å². The number of aromatic hydroxyl groups is 1. The zero-order valence-corrected chi connectivity index (χ0v) is 19.6. The number of nitrogens with one attached hydrogen (secondary N) is 1. The predicted molar refractivity (Wildman–Crippen MR) is 124 cm³/mol. The molecule has 3 aromatic rings. The van der Waals surface area contributed by atoms with Gasteiger partial charge in [-0.25, -0.2) is 4.57 Å². The number of carbonyl (C=O) groups is 2. The van der Waals surface area contributed by atoms with Crippen molar-refractivity contribution in [1.82, 2.24) is 10.1 Å². The maximum Gasteiger partial charge on any atom is 0.459 e. The van der Waals surface area contributed by atoms with Crippen LogP contribution in [0.1, 0.15) is 34.1 Å². The zero-order chi connectivity index (χ0) is 24.6. The Balaban J connectivity index is 1.74. The van der Waals surface area contributed by atoms with E-state index in [1.165, 1.54) is 13.1 Å². The lowest BCUT2D eigenvalue weighted by Gasteiger charge is -2.23. The maximum absolute atomic E-state index is 13.6. The van der Waals surface area contributed by atoms with Crippen LogP contribution in [0.4, 0.5) is 0 Å². The molecular formula is C24H25N2O7P. The average molecular weight is 484 g/mol. The van der Waals surface area contributed by atoms with Crippen LogP contribution in [0.15, 0.2) is 66.9 Å². The van der Waals surface area contributed by atoms with Gasteiger partial charge in [0.25, 0.3) is 0 Å². The van der Waals surface area contributed by atoms with Crippen molar-refractivity contribution in [3.63, 3.8) is 0 Å². The summed E-state index contributed by atoms with van der Waals surface area (Å²) in [6.45, 7) is 2.68. The van der Waals surface area contributed by atoms with E-state index in [4.69, 9.17) is 13.8 Å². The third-order valence-electron chi connectivity index (χ3n) is 4.76. The molecular weight excluding hydrogens is 459 g/mol. The number of para-hydroxylation sites is 1. The molecule has 0 spiro atoms. The summed E-state index contributed by atoms with van der Waals surface area (Å²) in [5.74, 6) is -0.711. The lowest BCUT2D eigenvalue weighted by Crippen LogP contribution is -2.35. The van der Waals surface area contributed by atoms with E-state index < -0.39 is 19.8 Å². The molecule has 0 bridgehead atoms. The summed E-state index contributed by atoms with van der Waals surface area (Å²) in [6, 6.07) is 16.4. The Hall–Kier alpha value is -3.52. The first kappa shape index (κ1) is 25.1. The summed E-state index contributed by atoms with van der Waals surface area (Å²) in [7, 11) is -4.15. The van der Waals surface area contributed by atoms with Crippen molar-refractivity contribution in [2.75, 3.05) is 0 Å². The minimum atomic E-state index is -4.15. The highest BCUT2D eigenvalue weighted by atomic mass is 31.2. The first-order valence-corrected chi connectivity index (χ1v) is 12.0. The van der Waals surface area contributed by atoms with Crippen LogP contribution >= 0.6 is 7.75 Å². The smallest absolute Gasteiger partial charge is 0.459 e. The highest BCUT2D eigenvalue weighted by Crippen LogP contribution is 2.46. The molecule has 1 unspecified atom stereocenters. The van der Waals surface area contributed by atoms with Crippen molar-refractivity contribution >= 4 is 20.0 Å². The molecule has 178 valence electrons. The zero-order valence-electron chi connectivity index (χ0n) is 18.7. The van der Waals surface area contributed by atoms with E-state index in [1.807, 2.05) is 30.3 Å². The number of hydrogen-bond acceptors (Lipinski definition) is 8. The molecule has 0 aliphatic rings. The van der Waals surface area contributed by atoms with Crippen molar-refractivity contribution in [2.45, 2.75) is 33.1 Å². The highest BCUT2D eigenvalue weighted by Gasteiger charge is 2.33. The lowest BCUT2D eigenvalue weighted by molar-refractivity contribution is -0.146. The summed E-state index contributed by atoms with van der Waals surface area (Å²) in [5.41, 5.74) is 1.24. The van der Waals surface area contributed by atoms with Crippen LogP contribution in [0.3, 0.4) is 0 Å². The molecule has 10 heteroatoms. The molecule has 0 saturated heterocycles. The first-order chi connectivity index (χ1) is 16.3. The number of carbonyl (C=O) groups excluding carboxylic acids is 2. The third-order valence-corrected chi connectivity index (χ3v) is 6.39. The molecule has 2 atom stereocenters. The van der Waals surface area contributed by atoms with Crippen LogP contribution in [-0.4, -0.2) is 28.4 Å². The summed E-state index contributed by atoms with van der Waals surface area (Å²) >= 11 is 0. The largest absolute Gasteiger partial charge is 0.505 e. The number of nitrogens with zero attached hydrogens (tertiary/aromatic N) is 1. The van der Waals surface area contributed by atoms with E-state index in [-0.39, 0.29) is 41.5 Å². The number of rotatable bonds is 11. The van der Waals surface area contributed by atoms with Gasteiger partial charge in [0.05, 0.1) is 17.9 Å². The Bertz CT molecular complexity index is 1170. The Morgan fingerprint density at radius 2 is 1.76 bits per heavy atom. The number of esters is 1. The molecule has 0 aliphatic heterocycles. The van der Waals surface area contributed by atoms with Crippen molar-refractivity contribution in [3.05, 3.63) is 89.2 Å². The molecule has 2 aromatic carbocycles. The second-order valence-electron chi connectivity index (χ2n) is 7.37.